The Balaban J connectivity index is 1.23. The smallest absolute Gasteiger partial charge is 0.239 e. The van der Waals surface area contributed by atoms with Crippen LogP contribution < -0.4 is 10.5 Å². The van der Waals surface area contributed by atoms with Crippen LogP contribution in [0.2, 0.25) is 0 Å². The number of hydrogen-bond acceptors (Lipinski definition) is 5. The van der Waals surface area contributed by atoms with E-state index in [0.29, 0.717) is 43.9 Å². The summed E-state index contributed by atoms with van der Waals surface area (Å²) in [5.41, 5.74) is 7.55. The largest absolute Gasteiger partial charge is 0.457 e. The first kappa shape index (κ1) is 27.6. The SMILES string of the molecule is NCCCC[C@H]1C(=O)N(CCc2ccc3ccccc3c2)CCN1CC(=O)c1cccc(Oc2ccccc2)c1. The van der Waals surface area contributed by atoms with Gasteiger partial charge in [0, 0.05) is 25.2 Å². The molecule has 1 aliphatic rings. The zero-order valence-corrected chi connectivity index (χ0v) is 22.9. The molecule has 1 atom stereocenters. The molecule has 206 valence electrons. The number of fused-ring (bicyclic) bond motifs is 1. The fourth-order valence-corrected chi connectivity index (χ4v) is 5.37. The Bertz CT molecular complexity index is 1440. The van der Waals surface area contributed by atoms with Crippen molar-refractivity contribution >= 4 is 22.5 Å². The van der Waals surface area contributed by atoms with Gasteiger partial charge in [0.1, 0.15) is 11.5 Å². The van der Waals surface area contributed by atoms with E-state index < -0.39 is 0 Å². The molecule has 1 amide bonds. The molecule has 2 N–H and O–H groups in total. The Kier molecular flexibility index (Phi) is 9.22. The van der Waals surface area contributed by atoms with Crippen molar-refractivity contribution in [1.29, 1.82) is 0 Å². The van der Waals surface area contributed by atoms with Crippen LogP contribution in [-0.4, -0.2) is 60.3 Å². The standard InChI is InChI=1S/C34H37N3O3/c35-19-7-6-15-32-34(39)36(20-18-26-16-17-27-9-4-5-10-28(27)23-26)21-22-37(32)25-33(38)29-11-8-14-31(24-29)40-30-12-2-1-3-13-30/h1-5,8-14,16-17,23-24,32H,6-7,15,18-22,25,35H2/t32-/m0/s1. The molecule has 1 heterocycles. The van der Waals surface area contributed by atoms with E-state index in [1.54, 1.807) is 6.07 Å². The number of piperazine rings is 1. The second-order valence-electron chi connectivity index (χ2n) is 10.4. The first-order valence-electron chi connectivity index (χ1n) is 14.2. The van der Waals surface area contributed by atoms with Crippen LogP contribution in [0.25, 0.3) is 10.8 Å². The van der Waals surface area contributed by atoms with Crippen molar-refractivity contribution in [3.05, 3.63) is 108 Å². The summed E-state index contributed by atoms with van der Waals surface area (Å²) in [6.07, 6.45) is 3.23. The Morgan fingerprint density at radius 3 is 2.42 bits per heavy atom. The zero-order valence-electron chi connectivity index (χ0n) is 22.9. The van der Waals surface area contributed by atoms with Crippen molar-refractivity contribution in [3.63, 3.8) is 0 Å². The van der Waals surface area contributed by atoms with Crippen LogP contribution in [0, 0.1) is 0 Å². The number of unbranched alkanes of at least 4 members (excludes halogenated alkanes) is 1. The number of nitrogens with zero attached hydrogens (tertiary/aromatic N) is 2. The van der Waals surface area contributed by atoms with Gasteiger partial charge in [-0.05, 0) is 66.4 Å². The number of hydrogen-bond donors (Lipinski definition) is 1. The summed E-state index contributed by atoms with van der Waals surface area (Å²) in [5.74, 6) is 1.43. The molecule has 6 heteroatoms. The van der Waals surface area contributed by atoms with Gasteiger partial charge >= 0.3 is 0 Å². The molecule has 0 unspecified atom stereocenters. The van der Waals surface area contributed by atoms with Crippen LogP contribution in [0.3, 0.4) is 0 Å². The Morgan fingerprint density at radius 1 is 0.825 bits per heavy atom. The number of carbonyl (C=O) groups excluding carboxylic acids is 2. The van der Waals surface area contributed by atoms with Crippen LogP contribution in [0.1, 0.15) is 35.2 Å². The van der Waals surface area contributed by atoms with Gasteiger partial charge in [-0.25, -0.2) is 0 Å². The number of Topliss-reactive ketones (excluding diaryl/α,β-unsaturated/α-hetero) is 1. The Morgan fingerprint density at radius 2 is 1.60 bits per heavy atom. The van der Waals surface area contributed by atoms with Crippen LogP contribution in [0.5, 0.6) is 11.5 Å². The maximum atomic E-state index is 13.7. The summed E-state index contributed by atoms with van der Waals surface area (Å²) in [5, 5.41) is 2.44. The molecule has 1 aliphatic heterocycles. The number of benzene rings is 4. The molecule has 0 bridgehead atoms. The highest BCUT2D eigenvalue weighted by Gasteiger charge is 2.35. The molecule has 1 saturated heterocycles. The zero-order chi connectivity index (χ0) is 27.7. The van der Waals surface area contributed by atoms with Crippen LogP contribution in [0.15, 0.2) is 97.1 Å². The highest BCUT2D eigenvalue weighted by Crippen LogP contribution is 2.24. The highest BCUT2D eigenvalue weighted by atomic mass is 16.5. The first-order chi connectivity index (χ1) is 19.6. The van der Waals surface area contributed by atoms with Gasteiger partial charge in [-0.3, -0.25) is 14.5 Å². The fourth-order valence-electron chi connectivity index (χ4n) is 5.37. The second kappa shape index (κ2) is 13.4. The molecular weight excluding hydrogens is 498 g/mol. The summed E-state index contributed by atoms with van der Waals surface area (Å²) in [6, 6.07) is 31.3. The minimum Gasteiger partial charge on any atom is -0.457 e. The lowest BCUT2D eigenvalue weighted by Crippen LogP contribution is -2.58. The molecule has 0 spiro atoms. The van der Waals surface area contributed by atoms with E-state index in [9.17, 15) is 9.59 Å². The number of amides is 1. The molecular formula is C34H37N3O3. The van der Waals surface area contributed by atoms with E-state index in [-0.39, 0.29) is 24.3 Å². The third kappa shape index (κ3) is 6.95. The summed E-state index contributed by atoms with van der Waals surface area (Å²) in [6.45, 7) is 2.75. The number of para-hydroxylation sites is 1. The molecule has 4 aromatic rings. The minimum absolute atomic E-state index is 0.0141. The second-order valence-corrected chi connectivity index (χ2v) is 10.4. The highest BCUT2D eigenvalue weighted by molar-refractivity contribution is 5.98. The number of ketones is 1. The first-order valence-corrected chi connectivity index (χ1v) is 14.2. The molecule has 40 heavy (non-hydrogen) atoms. The predicted octanol–water partition coefficient (Wildman–Crippen LogP) is 5.70. The molecule has 4 aromatic carbocycles. The molecule has 0 radical (unpaired) electrons. The minimum atomic E-state index is -0.315. The Hall–Kier alpha value is -4.00. The number of ether oxygens (including phenoxy) is 1. The third-order valence-corrected chi connectivity index (χ3v) is 7.59. The summed E-state index contributed by atoms with van der Waals surface area (Å²) < 4.78 is 5.93. The van der Waals surface area contributed by atoms with E-state index >= 15 is 0 Å². The molecule has 0 saturated carbocycles. The van der Waals surface area contributed by atoms with E-state index in [0.717, 1.165) is 25.0 Å². The van der Waals surface area contributed by atoms with E-state index in [2.05, 4.69) is 41.3 Å². The summed E-state index contributed by atoms with van der Waals surface area (Å²) in [7, 11) is 0. The normalized spacial score (nSPS) is 15.9. The average molecular weight is 536 g/mol. The summed E-state index contributed by atoms with van der Waals surface area (Å²) in [4.78, 5) is 31.0. The van der Waals surface area contributed by atoms with E-state index in [1.165, 1.54) is 16.3 Å². The lowest BCUT2D eigenvalue weighted by molar-refractivity contribution is -0.141. The number of nitrogens with two attached hydrogens (primary N) is 1. The average Bonchev–Trinajstić information content (AvgIpc) is 2.99. The van der Waals surface area contributed by atoms with Crippen molar-refractivity contribution in [2.45, 2.75) is 31.7 Å². The van der Waals surface area contributed by atoms with Crippen molar-refractivity contribution in [1.82, 2.24) is 9.80 Å². The van der Waals surface area contributed by atoms with Crippen LogP contribution in [0.4, 0.5) is 0 Å². The van der Waals surface area contributed by atoms with Crippen molar-refractivity contribution in [2.75, 3.05) is 32.7 Å². The van der Waals surface area contributed by atoms with Crippen molar-refractivity contribution < 1.29 is 14.3 Å². The lowest BCUT2D eigenvalue weighted by Gasteiger charge is -2.40. The number of carbonyl (C=O) groups is 2. The monoisotopic (exact) mass is 535 g/mol. The maximum absolute atomic E-state index is 13.7. The lowest BCUT2D eigenvalue weighted by atomic mass is 10.0. The van der Waals surface area contributed by atoms with Gasteiger partial charge in [0.05, 0.1) is 12.6 Å². The Labute approximate surface area is 236 Å². The molecule has 5 rings (SSSR count). The van der Waals surface area contributed by atoms with Crippen LogP contribution >= 0.6 is 0 Å². The predicted molar refractivity (Wildman–Crippen MR) is 160 cm³/mol. The van der Waals surface area contributed by atoms with Gasteiger partial charge in [-0.2, -0.15) is 0 Å². The summed E-state index contributed by atoms with van der Waals surface area (Å²) >= 11 is 0. The van der Waals surface area contributed by atoms with Gasteiger partial charge in [-0.1, -0.05) is 79.2 Å². The molecule has 0 aromatic heterocycles. The molecule has 1 fully saturated rings. The number of rotatable bonds is 12. The molecule has 0 aliphatic carbocycles. The van der Waals surface area contributed by atoms with Crippen molar-refractivity contribution in [3.8, 4) is 11.5 Å². The third-order valence-electron chi connectivity index (χ3n) is 7.59. The van der Waals surface area contributed by atoms with Crippen LogP contribution in [-0.2, 0) is 11.2 Å². The van der Waals surface area contributed by atoms with Gasteiger partial charge in [-0.15, -0.1) is 0 Å². The van der Waals surface area contributed by atoms with Gasteiger partial charge in [0.15, 0.2) is 5.78 Å². The maximum Gasteiger partial charge on any atom is 0.239 e. The van der Waals surface area contributed by atoms with E-state index in [1.807, 2.05) is 59.5 Å². The fraction of sp³-hybridized carbons (Fsp3) is 0.294. The van der Waals surface area contributed by atoms with Gasteiger partial charge < -0.3 is 15.4 Å². The van der Waals surface area contributed by atoms with Gasteiger partial charge in [0.25, 0.3) is 0 Å². The topological polar surface area (TPSA) is 75.9 Å². The quantitative estimate of drug-likeness (QED) is 0.186. The molecule has 6 nitrogen and oxygen atoms in total. The van der Waals surface area contributed by atoms with E-state index in [4.69, 9.17) is 10.5 Å². The van der Waals surface area contributed by atoms with Crippen molar-refractivity contribution in [2.24, 2.45) is 5.73 Å². The van der Waals surface area contributed by atoms with Gasteiger partial charge in [0.2, 0.25) is 5.91 Å².